The lowest BCUT2D eigenvalue weighted by molar-refractivity contribution is -0.119. The first-order chi connectivity index (χ1) is 8.34. The Morgan fingerprint density at radius 2 is 2.11 bits per heavy atom. The fourth-order valence-corrected chi connectivity index (χ4v) is 2.09. The van der Waals surface area contributed by atoms with Crippen LogP contribution in [0, 0.1) is 5.41 Å². The Hall–Kier alpha value is -1.01. The predicted octanol–water partition coefficient (Wildman–Crippen LogP) is 2.19. The molecule has 0 bridgehead atoms. The van der Waals surface area contributed by atoms with Crippen molar-refractivity contribution in [2.24, 2.45) is 11.1 Å². The van der Waals surface area contributed by atoms with Crippen LogP contribution < -0.4 is 11.1 Å². The standard InChI is InChI=1S/C12H22N4OS/c1-5-6-7-8-15-16-11(18-8)14-10(17)9(13)12(2,3)4/h9H,5-7,13H2,1-4H3,(H,14,16,17)/t9-/m1/s1. The summed E-state index contributed by atoms with van der Waals surface area (Å²) in [6, 6.07) is -0.555. The number of hydrogen-bond acceptors (Lipinski definition) is 5. The molecule has 1 amide bonds. The molecule has 0 radical (unpaired) electrons. The van der Waals surface area contributed by atoms with Crippen molar-refractivity contribution in [1.82, 2.24) is 10.2 Å². The van der Waals surface area contributed by atoms with Crippen molar-refractivity contribution < 1.29 is 4.79 Å². The van der Waals surface area contributed by atoms with E-state index in [1.807, 2.05) is 20.8 Å². The summed E-state index contributed by atoms with van der Waals surface area (Å²) in [6.07, 6.45) is 3.12. The number of unbranched alkanes of at least 4 members (excludes halogenated alkanes) is 1. The van der Waals surface area contributed by atoms with Gasteiger partial charge in [-0.1, -0.05) is 45.5 Å². The van der Waals surface area contributed by atoms with Crippen LogP contribution in [0.1, 0.15) is 45.5 Å². The lowest BCUT2D eigenvalue weighted by Gasteiger charge is -2.25. The summed E-state index contributed by atoms with van der Waals surface area (Å²) in [7, 11) is 0. The summed E-state index contributed by atoms with van der Waals surface area (Å²) in [5.74, 6) is -0.208. The summed E-state index contributed by atoms with van der Waals surface area (Å²) in [4.78, 5) is 11.9. The molecular formula is C12H22N4OS. The number of hydrogen-bond donors (Lipinski definition) is 2. The van der Waals surface area contributed by atoms with Gasteiger partial charge in [-0.2, -0.15) is 0 Å². The van der Waals surface area contributed by atoms with Crippen LogP contribution in [0.25, 0.3) is 0 Å². The molecule has 0 spiro atoms. The minimum absolute atomic E-state index is 0.208. The van der Waals surface area contributed by atoms with E-state index in [2.05, 4.69) is 22.4 Å². The molecule has 1 rings (SSSR count). The van der Waals surface area contributed by atoms with Gasteiger partial charge in [-0.25, -0.2) is 0 Å². The third kappa shape index (κ3) is 4.34. The molecule has 0 unspecified atom stereocenters. The lowest BCUT2D eigenvalue weighted by atomic mass is 9.87. The number of anilines is 1. The molecular weight excluding hydrogens is 248 g/mol. The molecule has 0 fully saturated rings. The highest BCUT2D eigenvalue weighted by Gasteiger charge is 2.28. The van der Waals surface area contributed by atoms with Crippen molar-refractivity contribution in [1.29, 1.82) is 0 Å². The van der Waals surface area contributed by atoms with Gasteiger partial charge in [0.25, 0.3) is 0 Å². The van der Waals surface area contributed by atoms with Crippen LogP contribution in [0.3, 0.4) is 0 Å². The Labute approximate surface area is 112 Å². The fourth-order valence-electron chi connectivity index (χ4n) is 1.31. The Balaban J connectivity index is 2.57. The van der Waals surface area contributed by atoms with Gasteiger partial charge in [0.15, 0.2) is 0 Å². The van der Waals surface area contributed by atoms with E-state index in [4.69, 9.17) is 5.73 Å². The van der Waals surface area contributed by atoms with E-state index in [-0.39, 0.29) is 11.3 Å². The number of nitrogens with zero attached hydrogens (tertiary/aromatic N) is 2. The highest BCUT2D eigenvalue weighted by atomic mass is 32.1. The van der Waals surface area contributed by atoms with Gasteiger partial charge in [0.2, 0.25) is 11.0 Å². The summed E-state index contributed by atoms with van der Waals surface area (Å²) in [5, 5.41) is 12.2. The number of carbonyl (C=O) groups excluding carboxylic acids is 1. The Morgan fingerprint density at radius 1 is 1.44 bits per heavy atom. The Kier molecular flexibility index (Phi) is 5.22. The second-order valence-electron chi connectivity index (χ2n) is 5.44. The van der Waals surface area contributed by atoms with E-state index in [0.717, 1.165) is 24.3 Å². The monoisotopic (exact) mass is 270 g/mol. The van der Waals surface area contributed by atoms with Crippen molar-refractivity contribution in [2.45, 2.75) is 53.0 Å². The van der Waals surface area contributed by atoms with Crippen LogP contribution in [-0.4, -0.2) is 22.1 Å². The van der Waals surface area contributed by atoms with Gasteiger partial charge in [-0.3, -0.25) is 10.1 Å². The van der Waals surface area contributed by atoms with E-state index in [9.17, 15) is 4.79 Å². The number of nitrogens with two attached hydrogens (primary N) is 1. The van der Waals surface area contributed by atoms with Gasteiger partial charge in [-0.15, -0.1) is 10.2 Å². The van der Waals surface area contributed by atoms with Crippen LogP contribution >= 0.6 is 11.3 Å². The zero-order valence-corrected chi connectivity index (χ0v) is 12.3. The SMILES string of the molecule is CCCCc1nnc(NC(=O)[C@@H](N)C(C)(C)C)s1. The fraction of sp³-hybridized carbons (Fsp3) is 0.750. The maximum atomic E-state index is 11.9. The van der Waals surface area contributed by atoms with Crippen molar-refractivity contribution in [2.75, 3.05) is 5.32 Å². The Morgan fingerprint density at radius 3 is 2.67 bits per heavy atom. The van der Waals surface area contributed by atoms with Crippen LogP contribution in [-0.2, 0) is 11.2 Å². The molecule has 18 heavy (non-hydrogen) atoms. The second kappa shape index (κ2) is 6.24. The molecule has 1 aromatic rings. The number of rotatable bonds is 5. The van der Waals surface area contributed by atoms with Gasteiger partial charge >= 0.3 is 0 Å². The van der Waals surface area contributed by atoms with Crippen LogP contribution in [0.15, 0.2) is 0 Å². The van der Waals surface area contributed by atoms with Crippen molar-refractivity contribution in [3.63, 3.8) is 0 Å². The minimum Gasteiger partial charge on any atom is -0.319 e. The summed E-state index contributed by atoms with van der Waals surface area (Å²) >= 11 is 1.42. The van der Waals surface area contributed by atoms with Crippen LogP contribution in [0.2, 0.25) is 0 Å². The minimum atomic E-state index is -0.555. The number of carbonyl (C=O) groups is 1. The summed E-state index contributed by atoms with van der Waals surface area (Å²) < 4.78 is 0. The number of nitrogens with one attached hydrogen (secondary N) is 1. The van der Waals surface area contributed by atoms with Gasteiger partial charge in [0.05, 0.1) is 6.04 Å². The first-order valence-electron chi connectivity index (χ1n) is 6.23. The molecule has 0 aliphatic rings. The first kappa shape index (κ1) is 15.0. The molecule has 0 aromatic carbocycles. The normalized spacial score (nSPS) is 13.4. The molecule has 0 aliphatic heterocycles. The molecule has 0 saturated carbocycles. The second-order valence-corrected chi connectivity index (χ2v) is 6.50. The lowest BCUT2D eigenvalue weighted by Crippen LogP contribution is -2.45. The number of aromatic nitrogens is 2. The maximum Gasteiger partial charge on any atom is 0.243 e. The summed E-state index contributed by atoms with van der Waals surface area (Å²) in [5.41, 5.74) is 5.61. The third-order valence-electron chi connectivity index (χ3n) is 2.66. The van der Waals surface area contributed by atoms with Crippen molar-refractivity contribution in [3.05, 3.63) is 5.01 Å². The molecule has 3 N–H and O–H groups in total. The molecule has 0 aliphatic carbocycles. The van der Waals surface area contributed by atoms with Gasteiger partial charge in [-0.05, 0) is 11.8 Å². The van der Waals surface area contributed by atoms with Gasteiger partial charge in [0, 0.05) is 6.42 Å². The average molecular weight is 270 g/mol. The smallest absolute Gasteiger partial charge is 0.243 e. The average Bonchev–Trinajstić information content (AvgIpc) is 2.71. The molecule has 1 heterocycles. The van der Waals surface area contributed by atoms with Crippen LogP contribution in [0.5, 0.6) is 0 Å². The zero-order valence-electron chi connectivity index (χ0n) is 11.5. The first-order valence-corrected chi connectivity index (χ1v) is 7.05. The molecule has 5 nitrogen and oxygen atoms in total. The molecule has 6 heteroatoms. The predicted molar refractivity (Wildman–Crippen MR) is 74.6 cm³/mol. The van der Waals surface area contributed by atoms with Crippen molar-refractivity contribution in [3.8, 4) is 0 Å². The molecule has 1 atom stereocenters. The molecule has 102 valence electrons. The highest BCUT2D eigenvalue weighted by Crippen LogP contribution is 2.21. The van der Waals surface area contributed by atoms with Crippen molar-refractivity contribution >= 4 is 22.4 Å². The van der Waals surface area contributed by atoms with E-state index < -0.39 is 6.04 Å². The molecule has 0 saturated heterocycles. The van der Waals surface area contributed by atoms with E-state index in [1.54, 1.807) is 0 Å². The third-order valence-corrected chi connectivity index (χ3v) is 3.56. The van der Waals surface area contributed by atoms with E-state index in [1.165, 1.54) is 11.3 Å². The quantitative estimate of drug-likeness (QED) is 0.859. The van der Waals surface area contributed by atoms with Crippen LogP contribution in [0.4, 0.5) is 5.13 Å². The maximum absolute atomic E-state index is 11.9. The summed E-state index contributed by atoms with van der Waals surface area (Å²) in [6.45, 7) is 7.93. The van der Waals surface area contributed by atoms with Gasteiger partial charge < -0.3 is 5.73 Å². The highest BCUT2D eigenvalue weighted by molar-refractivity contribution is 7.15. The largest absolute Gasteiger partial charge is 0.319 e. The number of amides is 1. The topological polar surface area (TPSA) is 80.9 Å². The Bertz CT molecular complexity index is 397. The molecule has 1 aromatic heterocycles. The van der Waals surface area contributed by atoms with E-state index in [0.29, 0.717) is 5.13 Å². The zero-order chi connectivity index (χ0) is 13.8. The van der Waals surface area contributed by atoms with E-state index >= 15 is 0 Å². The van der Waals surface area contributed by atoms with Gasteiger partial charge in [0.1, 0.15) is 5.01 Å². The number of aryl methyl sites for hydroxylation is 1.